The first-order valence-electron chi connectivity index (χ1n) is 5.56. The van der Waals surface area contributed by atoms with Crippen LogP contribution in [-0.4, -0.2) is 38.3 Å². The quantitative estimate of drug-likeness (QED) is 0.580. The predicted molar refractivity (Wildman–Crippen MR) is 72.1 cm³/mol. The lowest BCUT2D eigenvalue weighted by Crippen LogP contribution is -2.14. The fourth-order valence-electron chi connectivity index (χ4n) is 1.42. The van der Waals surface area contributed by atoms with Crippen LogP contribution >= 0.6 is 0 Å². The molecular weight excluding hydrogens is 272 g/mol. The van der Waals surface area contributed by atoms with Crippen LogP contribution in [0.25, 0.3) is 0 Å². The van der Waals surface area contributed by atoms with Gasteiger partial charge < -0.3 is 10.4 Å². The first kappa shape index (κ1) is 15.1. The summed E-state index contributed by atoms with van der Waals surface area (Å²) in [5.74, 6) is -0.297. The highest BCUT2D eigenvalue weighted by molar-refractivity contribution is 7.84. The lowest BCUT2D eigenvalue weighted by Gasteiger charge is -2.09. The molecule has 0 heterocycles. The van der Waals surface area contributed by atoms with Gasteiger partial charge in [-0.05, 0) is 6.07 Å². The van der Waals surface area contributed by atoms with Gasteiger partial charge >= 0.3 is 5.97 Å². The number of nitrogens with one attached hydrogen (secondary N) is 1. The molecule has 0 spiro atoms. The van der Waals surface area contributed by atoms with Crippen molar-refractivity contribution in [2.24, 2.45) is 0 Å². The Kier molecular flexibility index (Phi) is 5.43. The number of nitro benzene ring substituents is 1. The number of carboxylic acids is 1. The minimum atomic E-state index is -1.17. The van der Waals surface area contributed by atoms with Gasteiger partial charge in [-0.15, -0.1) is 0 Å². The Morgan fingerprint density at radius 3 is 2.74 bits per heavy atom. The topological polar surface area (TPSA) is 110 Å². The molecule has 0 saturated carbocycles. The summed E-state index contributed by atoms with van der Waals surface area (Å²) >= 11 is 0. The highest BCUT2D eigenvalue weighted by Crippen LogP contribution is 2.22. The number of benzene rings is 1. The molecule has 0 saturated heterocycles. The van der Waals surface area contributed by atoms with E-state index in [0.717, 1.165) is 12.1 Å². The minimum absolute atomic E-state index is 0.0483. The first-order valence-corrected chi connectivity index (χ1v) is 7.05. The van der Waals surface area contributed by atoms with Crippen LogP contribution in [0.3, 0.4) is 0 Å². The van der Waals surface area contributed by atoms with Gasteiger partial charge in [-0.25, -0.2) is 4.79 Å². The molecule has 0 aromatic heterocycles. The molecule has 2 N–H and O–H groups in total. The van der Waals surface area contributed by atoms with E-state index < -0.39 is 21.7 Å². The average Bonchev–Trinajstić information content (AvgIpc) is 2.37. The first-order chi connectivity index (χ1) is 8.95. The fourth-order valence-corrected chi connectivity index (χ4v) is 2.04. The highest BCUT2D eigenvalue weighted by atomic mass is 32.2. The second kappa shape index (κ2) is 6.83. The maximum atomic E-state index is 11.2. The molecule has 1 unspecified atom stereocenters. The molecule has 1 rings (SSSR count). The third-order valence-electron chi connectivity index (χ3n) is 2.41. The molecule has 0 amide bonds. The Balaban J connectivity index is 2.88. The van der Waals surface area contributed by atoms with Gasteiger partial charge in [-0.2, -0.15) is 0 Å². The molecule has 0 aliphatic rings. The van der Waals surface area contributed by atoms with Crippen molar-refractivity contribution in [3.63, 3.8) is 0 Å². The number of hydrogen-bond acceptors (Lipinski definition) is 5. The smallest absolute Gasteiger partial charge is 0.337 e. The van der Waals surface area contributed by atoms with E-state index in [1.807, 2.05) is 0 Å². The van der Waals surface area contributed by atoms with E-state index in [2.05, 4.69) is 5.32 Å². The van der Waals surface area contributed by atoms with Gasteiger partial charge in [0, 0.05) is 41.0 Å². The number of carbonyl (C=O) groups is 1. The second-order valence-corrected chi connectivity index (χ2v) is 5.52. The van der Waals surface area contributed by atoms with Crippen LogP contribution in [0.5, 0.6) is 0 Å². The zero-order valence-corrected chi connectivity index (χ0v) is 11.1. The van der Waals surface area contributed by atoms with E-state index in [1.54, 1.807) is 6.92 Å². The van der Waals surface area contributed by atoms with Crippen molar-refractivity contribution < 1.29 is 19.0 Å². The maximum Gasteiger partial charge on any atom is 0.337 e. The molecule has 8 heteroatoms. The van der Waals surface area contributed by atoms with E-state index in [4.69, 9.17) is 5.11 Å². The van der Waals surface area contributed by atoms with Crippen LogP contribution in [-0.2, 0) is 10.8 Å². The molecule has 0 fully saturated rings. The molecule has 1 aromatic rings. The van der Waals surface area contributed by atoms with Crippen molar-refractivity contribution in [2.45, 2.75) is 6.92 Å². The third-order valence-corrected chi connectivity index (χ3v) is 3.71. The van der Waals surface area contributed by atoms with Crippen molar-refractivity contribution in [1.82, 2.24) is 0 Å². The van der Waals surface area contributed by atoms with Crippen LogP contribution in [0.1, 0.15) is 17.3 Å². The standard InChI is InChI=1S/C11H14N2O5S/c1-2-19(18)6-5-12-10-7-8(13(16)17)3-4-9(10)11(14)15/h3-4,7,12H,2,5-6H2,1H3,(H,14,15). The van der Waals surface area contributed by atoms with Crippen molar-refractivity contribution >= 4 is 28.1 Å². The van der Waals surface area contributed by atoms with Crippen molar-refractivity contribution in [2.75, 3.05) is 23.4 Å². The number of non-ortho nitro benzene ring substituents is 1. The summed E-state index contributed by atoms with van der Waals surface area (Å²) in [7, 11) is -0.976. The van der Waals surface area contributed by atoms with Gasteiger partial charge in [-0.1, -0.05) is 6.92 Å². The molecule has 104 valence electrons. The van der Waals surface area contributed by atoms with Crippen molar-refractivity contribution in [1.29, 1.82) is 0 Å². The van der Waals surface area contributed by atoms with E-state index in [9.17, 15) is 19.1 Å². The van der Waals surface area contributed by atoms with Gasteiger partial charge in [0.15, 0.2) is 0 Å². The molecule has 7 nitrogen and oxygen atoms in total. The Morgan fingerprint density at radius 2 is 2.21 bits per heavy atom. The average molecular weight is 286 g/mol. The summed E-state index contributed by atoms with van der Waals surface area (Å²) in [6.45, 7) is 2.08. The van der Waals surface area contributed by atoms with Gasteiger partial charge in [0.05, 0.1) is 16.2 Å². The summed E-state index contributed by atoms with van der Waals surface area (Å²) in [5, 5.41) is 22.4. The summed E-state index contributed by atoms with van der Waals surface area (Å²) in [6, 6.07) is 3.48. The zero-order chi connectivity index (χ0) is 14.4. The fraction of sp³-hybridized carbons (Fsp3) is 0.364. The normalized spacial score (nSPS) is 11.8. The summed E-state index contributed by atoms with van der Waals surface area (Å²) < 4.78 is 11.2. The molecule has 0 aliphatic heterocycles. The molecule has 0 bridgehead atoms. The van der Waals surface area contributed by atoms with E-state index >= 15 is 0 Å². The third kappa shape index (κ3) is 4.32. The minimum Gasteiger partial charge on any atom is -0.478 e. The Hall–Kier alpha value is -1.96. The Morgan fingerprint density at radius 1 is 1.53 bits per heavy atom. The number of carboxylic acid groups (broad SMARTS) is 1. The van der Waals surface area contributed by atoms with Crippen LogP contribution < -0.4 is 5.32 Å². The zero-order valence-electron chi connectivity index (χ0n) is 10.3. The Labute approximate surface area is 112 Å². The summed E-state index contributed by atoms with van der Waals surface area (Å²) in [6.07, 6.45) is 0. The number of rotatable bonds is 7. The number of aromatic carboxylic acids is 1. The maximum absolute atomic E-state index is 11.2. The predicted octanol–water partition coefficient (Wildman–Crippen LogP) is 1.47. The summed E-state index contributed by atoms with van der Waals surface area (Å²) in [4.78, 5) is 21.0. The van der Waals surface area contributed by atoms with Crippen LogP contribution in [0, 0.1) is 10.1 Å². The number of anilines is 1. The van der Waals surface area contributed by atoms with Crippen LogP contribution in [0.4, 0.5) is 11.4 Å². The number of nitro groups is 1. The van der Waals surface area contributed by atoms with E-state index in [-0.39, 0.29) is 16.9 Å². The molecular formula is C11H14N2O5S. The van der Waals surface area contributed by atoms with Gasteiger partial charge in [0.1, 0.15) is 0 Å². The SMILES string of the molecule is CCS(=O)CCNc1cc([N+](=O)[O-])ccc1C(=O)O. The Bertz CT molecular complexity index is 518. The highest BCUT2D eigenvalue weighted by Gasteiger charge is 2.15. The second-order valence-electron chi connectivity index (χ2n) is 3.65. The number of nitrogens with zero attached hydrogens (tertiary/aromatic N) is 1. The number of hydrogen-bond donors (Lipinski definition) is 2. The molecule has 1 aromatic carbocycles. The van der Waals surface area contributed by atoms with E-state index in [0.29, 0.717) is 18.1 Å². The largest absolute Gasteiger partial charge is 0.478 e. The van der Waals surface area contributed by atoms with Crippen molar-refractivity contribution in [3.05, 3.63) is 33.9 Å². The van der Waals surface area contributed by atoms with Gasteiger partial charge in [-0.3, -0.25) is 14.3 Å². The molecule has 0 aliphatic carbocycles. The van der Waals surface area contributed by atoms with Crippen LogP contribution in [0.15, 0.2) is 18.2 Å². The molecule has 1 atom stereocenters. The lowest BCUT2D eigenvalue weighted by atomic mass is 10.1. The molecule has 0 radical (unpaired) electrons. The monoisotopic (exact) mass is 286 g/mol. The lowest BCUT2D eigenvalue weighted by molar-refractivity contribution is -0.384. The van der Waals surface area contributed by atoms with Crippen LogP contribution in [0.2, 0.25) is 0 Å². The van der Waals surface area contributed by atoms with Gasteiger partial charge in [0.2, 0.25) is 0 Å². The van der Waals surface area contributed by atoms with E-state index in [1.165, 1.54) is 6.07 Å². The van der Waals surface area contributed by atoms with Crippen molar-refractivity contribution in [3.8, 4) is 0 Å². The summed E-state index contributed by atoms with van der Waals surface area (Å²) in [5.41, 5.74) is -0.0770. The molecule has 19 heavy (non-hydrogen) atoms. The van der Waals surface area contributed by atoms with Gasteiger partial charge in [0.25, 0.3) is 5.69 Å².